The third-order valence-electron chi connectivity index (χ3n) is 5.81. The smallest absolute Gasteiger partial charge is 0.300 e. The first-order chi connectivity index (χ1) is 15.9. The number of aromatic hydroxyl groups is 1. The monoisotopic (exact) mass is 469 g/mol. The van der Waals surface area contributed by atoms with Crippen molar-refractivity contribution in [3.05, 3.63) is 59.5 Å². The second-order valence-corrected chi connectivity index (χ2v) is 10.4. The molecule has 8 nitrogen and oxygen atoms in total. The van der Waals surface area contributed by atoms with E-state index < -0.39 is 7.52 Å². The number of hydrogen-bond acceptors (Lipinski definition) is 7. The van der Waals surface area contributed by atoms with Gasteiger partial charge in [-0.1, -0.05) is 18.2 Å². The van der Waals surface area contributed by atoms with Crippen molar-refractivity contribution in [2.24, 2.45) is 0 Å². The molecule has 1 aromatic heterocycles. The zero-order valence-electron chi connectivity index (χ0n) is 19.1. The molecule has 1 unspecified atom stereocenters. The molecular formula is C24H28N3O5P. The molecule has 3 aromatic rings. The summed E-state index contributed by atoms with van der Waals surface area (Å²) < 4.78 is 32.1. The molecule has 0 saturated carbocycles. The molecule has 0 bridgehead atoms. The maximum absolute atomic E-state index is 13.9. The van der Waals surface area contributed by atoms with Gasteiger partial charge >= 0.3 is 0 Å². The van der Waals surface area contributed by atoms with Crippen molar-refractivity contribution in [3.63, 3.8) is 0 Å². The highest BCUT2D eigenvalue weighted by Gasteiger charge is 2.42. The standard InChI is InChI=1S/C24H28N3O5P/c1-16-15-32-33(29,27(16)2)20(9-17-10-22(30-3)24(28)23(11-17)31-4)14-25-19-12-18-7-5-6-8-21(18)26-13-19/h5-13,16,25,28H,14-15H2,1-4H3/b20-9-/t16-,33?/m0/s1. The summed E-state index contributed by atoms with van der Waals surface area (Å²) in [5, 5.41) is 15.2. The summed E-state index contributed by atoms with van der Waals surface area (Å²) in [4.78, 5) is 4.49. The van der Waals surface area contributed by atoms with E-state index in [2.05, 4.69) is 10.3 Å². The average molecular weight is 469 g/mol. The molecule has 0 amide bonds. The summed E-state index contributed by atoms with van der Waals surface area (Å²) in [6, 6.07) is 13.2. The molecular weight excluding hydrogens is 441 g/mol. The van der Waals surface area contributed by atoms with Crippen molar-refractivity contribution >= 4 is 30.2 Å². The Hall–Kier alpha value is -3.06. The van der Waals surface area contributed by atoms with Gasteiger partial charge in [-0.2, -0.15) is 0 Å². The van der Waals surface area contributed by atoms with Gasteiger partial charge in [0.1, 0.15) is 0 Å². The minimum atomic E-state index is -3.27. The predicted octanol–water partition coefficient (Wildman–Crippen LogP) is 4.95. The van der Waals surface area contributed by atoms with Crippen molar-refractivity contribution in [1.29, 1.82) is 0 Å². The number of methoxy groups -OCH3 is 2. The van der Waals surface area contributed by atoms with E-state index in [0.717, 1.165) is 16.6 Å². The zero-order chi connectivity index (χ0) is 23.6. The second-order valence-electron chi connectivity index (χ2n) is 7.92. The summed E-state index contributed by atoms with van der Waals surface area (Å²) in [7, 11) is 1.47. The van der Waals surface area contributed by atoms with Crippen LogP contribution in [0.1, 0.15) is 12.5 Å². The fourth-order valence-electron chi connectivity index (χ4n) is 3.74. The Labute approximate surface area is 193 Å². The minimum absolute atomic E-state index is 0.0189. The Kier molecular flexibility index (Phi) is 6.61. The fourth-order valence-corrected chi connectivity index (χ4v) is 6.08. The van der Waals surface area contributed by atoms with Crippen LogP contribution in [-0.4, -0.2) is 55.2 Å². The van der Waals surface area contributed by atoms with Crippen LogP contribution >= 0.6 is 7.52 Å². The van der Waals surface area contributed by atoms with Crippen LogP contribution in [0.15, 0.2) is 54.0 Å². The number of likely N-dealkylation sites (N-methyl/N-ethyl adjacent to an activating group) is 1. The number of rotatable bonds is 7. The van der Waals surface area contributed by atoms with E-state index in [-0.39, 0.29) is 29.8 Å². The van der Waals surface area contributed by atoms with Gasteiger partial charge in [-0.3, -0.25) is 9.55 Å². The summed E-state index contributed by atoms with van der Waals surface area (Å²) in [5.74, 6) is 0.437. The van der Waals surface area contributed by atoms with Crippen LogP contribution in [0.3, 0.4) is 0 Å². The number of para-hydroxylation sites is 1. The lowest BCUT2D eigenvalue weighted by molar-refractivity contribution is 0.334. The van der Waals surface area contributed by atoms with Crippen molar-refractivity contribution in [2.45, 2.75) is 13.0 Å². The van der Waals surface area contributed by atoms with E-state index in [9.17, 15) is 9.67 Å². The van der Waals surface area contributed by atoms with Gasteiger partial charge in [-0.25, -0.2) is 4.67 Å². The Bertz CT molecular complexity index is 1220. The lowest BCUT2D eigenvalue weighted by Crippen LogP contribution is -2.22. The summed E-state index contributed by atoms with van der Waals surface area (Å²) in [6.07, 6.45) is 3.55. The molecule has 2 aromatic carbocycles. The molecule has 4 rings (SSSR count). The number of hydrogen-bond donors (Lipinski definition) is 2. The Morgan fingerprint density at radius 2 is 1.97 bits per heavy atom. The van der Waals surface area contributed by atoms with E-state index in [0.29, 0.717) is 17.5 Å². The van der Waals surface area contributed by atoms with Gasteiger partial charge in [0.2, 0.25) is 5.75 Å². The molecule has 2 heterocycles. The summed E-state index contributed by atoms with van der Waals surface area (Å²) in [6.45, 7) is 2.63. The van der Waals surface area contributed by atoms with Gasteiger partial charge in [-0.05, 0) is 49.9 Å². The lowest BCUT2D eigenvalue weighted by atomic mass is 10.1. The first kappa shape index (κ1) is 23.1. The van der Waals surface area contributed by atoms with Gasteiger partial charge in [0.05, 0.1) is 38.2 Å². The molecule has 174 valence electrons. The number of nitrogens with one attached hydrogen (secondary N) is 1. The van der Waals surface area contributed by atoms with Gasteiger partial charge in [0.25, 0.3) is 7.52 Å². The maximum Gasteiger partial charge on any atom is 0.300 e. The molecule has 2 atom stereocenters. The van der Waals surface area contributed by atoms with E-state index >= 15 is 0 Å². The molecule has 33 heavy (non-hydrogen) atoms. The van der Waals surface area contributed by atoms with Gasteiger partial charge in [-0.15, -0.1) is 0 Å². The first-order valence-electron chi connectivity index (χ1n) is 10.6. The summed E-state index contributed by atoms with van der Waals surface area (Å²) in [5.41, 5.74) is 2.38. The van der Waals surface area contributed by atoms with Gasteiger partial charge in [0.15, 0.2) is 11.5 Å². The Morgan fingerprint density at radius 3 is 2.61 bits per heavy atom. The highest BCUT2D eigenvalue weighted by Crippen LogP contribution is 2.62. The molecule has 0 radical (unpaired) electrons. The van der Waals surface area contributed by atoms with Crippen LogP contribution in [0.5, 0.6) is 17.2 Å². The molecule has 1 aliphatic rings. The van der Waals surface area contributed by atoms with E-state index in [1.807, 2.05) is 44.3 Å². The van der Waals surface area contributed by atoms with Crippen LogP contribution < -0.4 is 14.8 Å². The van der Waals surface area contributed by atoms with Crippen LogP contribution in [0, 0.1) is 0 Å². The molecule has 0 spiro atoms. The number of fused-ring (bicyclic) bond motifs is 1. The number of ether oxygens (including phenoxy) is 2. The molecule has 1 saturated heterocycles. The third-order valence-corrected chi connectivity index (χ3v) is 8.54. The molecule has 1 fully saturated rings. The highest BCUT2D eigenvalue weighted by molar-refractivity contribution is 7.61. The molecule has 0 aliphatic carbocycles. The second kappa shape index (κ2) is 9.43. The number of anilines is 1. The average Bonchev–Trinajstić information content (AvgIpc) is 3.10. The van der Waals surface area contributed by atoms with E-state index in [4.69, 9.17) is 14.0 Å². The van der Waals surface area contributed by atoms with Crippen molar-refractivity contribution in [3.8, 4) is 17.2 Å². The Morgan fingerprint density at radius 1 is 1.27 bits per heavy atom. The van der Waals surface area contributed by atoms with Crippen molar-refractivity contribution in [2.75, 3.05) is 39.7 Å². The van der Waals surface area contributed by atoms with Crippen LogP contribution in [0.2, 0.25) is 0 Å². The molecule has 1 aliphatic heterocycles. The quantitative estimate of drug-likeness (QED) is 0.470. The number of phenols is 1. The third kappa shape index (κ3) is 4.55. The summed E-state index contributed by atoms with van der Waals surface area (Å²) >= 11 is 0. The topological polar surface area (TPSA) is 93.2 Å². The van der Waals surface area contributed by atoms with Crippen LogP contribution in [-0.2, 0) is 9.09 Å². The van der Waals surface area contributed by atoms with Crippen LogP contribution in [0.4, 0.5) is 5.69 Å². The molecule has 2 N–H and O–H groups in total. The van der Waals surface area contributed by atoms with Crippen molar-refractivity contribution < 1.29 is 23.7 Å². The number of pyridine rings is 1. The van der Waals surface area contributed by atoms with Gasteiger partial charge in [0, 0.05) is 23.3 Å². The van der Waals surface area contributed by atoms with Crippen molar-refractivity contribution in [1.82, 2.24) is 9.65 Å². The van der Waals surface area contributed by atoms with E-state index in [1.165, 1.54) is 14.2 Å². The largest absolute Gasteiger partial charge is 0.502 e. The number of phenolic OH excluding ortho intramolecular Hbond substituents is 1. The molecule has 9 heteroatoms. The zero-order valence-corrected chi connectivity index (χ0v) is 20.0. The SMILES string of the molecule is COc1cc(/C=C(/CNc2cnc3ccccc3c2)P2(=O)OC[C@H](C)N2C)cc(OC)c1O. The highest BCUT2D eigenvalue weighted by atomic mass is 31.2. The normalized spacial score (nSPS) is 21.3. The number of aromatic nitrogens is 1. The Balaban J connectivity index is 1.71. The lowest BCUT2D eigenvalue weighted by Gasteiger charge is -2.24. The first-order valence-corrected chi connectivity index (χ1v) is 12.2. The maximum atomic E-state index is 13.9. The number of nitrogens with zero attached hydrogens (tertiary/aromatic N) is 2. The van der Waals surface area contributed by atoms with E-state index in [1.54, 1.807) is 29.1 Å². The predicted molar refractivity (Wildman–Crippen MR) is 130 cm³/mol. The number of benzene rings is 2. The van der Waals surface area contributed by atoms with Crippen LogP contribution in [0.25, 0.3) is 17.0 Å². The van der Waals surface area contributed by atoms with Gasteiger partial charge < -0.3 is 24.4 Å². The minimum Gasteiger partial charge on any atom is -0.502 e. The fraction of sp³-hybridized carbons (Fsp3) is 0.292.